The molecule has 0 aliphatic heterocycles. The van der Waals surface area contributed by atoms with Crippen LogP contribution in [0.1, 0.15) is 17.4 Å². The lowest BCUT2D eigenvalue weighted by molar-refractivity contribution is 0.0789. The number of carbonyl (C=O) groups is 1. The summed E-state index contributed by atoms with van der Waals surface area (Å²) < 4.78 is 0. The highest BCUT2D eigenvalue weighted by Crippen LogP contribution is 2.01. The number of carbonyl (C=O) groups excluding carboxylic acids is 1. The Kier molecular flexibility index (Phi) is 3.85. The molecule has 15 heavy (non-hydrogen) atoms. The zero-order valence-electron chi connectivity index (χ0n) is 8.53. The van der Waals surface area contributed by atoms with Crippen LogP contribution in [-0.2, 0) is 0 Å². The molecule has 5 nitrogen and oxygen atoms in total. The third kappa shape index (κ3) is 3.36. The second kappa shape index (κ2) is 4.93. The minimum atomic E-state index is -0.333. The number of amides is 1. The van der Waals surface area contributed by atoms with E-state index in [1.807, 2.05) is 0 Å². The van der Waals surface area contributed by atoms with Gasteiger partial charge < -0.3 is 4.90 Å². The quantitative estimate of drug-likeness (QED) is 0.767. The molecule has 1 aromatic heterocycles. The molecule has 82 valence electrons. The summed E-state index contributed by atoms with van der Waals surface area (Å²) in [5.41, 5.74) is -0.130. The molecule has 1 rings (SSSR count). The number of alkyl halides is 1. The number of aromatic nitrogens is 2. The number of hydrogen-bond donors (Lipinski definition) is 1. The van der Waals surface area contributed by atoms with Gasteiger partial charge in [0, 0.05) is 25.0 Å². The smallest absolute Gasteiger partial charge is 0.274 e. The maximum absolute atomic E-state index is 11.7. The van der Waals surface area contributed by atoms with Crippen LogP contribution < -0.4 is 5.56 Å². The SMILES string of the molecule is CC(Cl)CN(C)C(=O)c1ccc(=O)[nH]n1. The van der Waals surface area contributed by atoms with E-state index in [1.165, 1.54) is 17.0 Å². The van der Waals surface area contributed by atoms with Crippen molar-refractivity contribution in [1.29, 1.82) is 0 Å². The Bertz CT molecular complexity index is 382. The number of halogens is 1. The van der Waals surface area contributed by atoms with Crippen molar-refractivity contribution in [3.63, 3.8) is 0 Å². The second-order valence-electron chi connectivity index (χ2n) is 3.27. The fourth-order valence-electron chi connectivity index (χ4n) is 1.12. The van der Waals surface area contributed by atoms with Crippen molar-refractivity contribution in [1.82, 2.24) is 15.1 Å². The Balaban J connectivity index is 2.76. The molecule has 0 radical (unpaired) electrons. The van der Waals surface area contributed by atoms with E-state index in [4.69, 9.17) is 11.6 Å². The van der Waals surface area contributed by atoms with E-state index in [0.717, 1.165) is 0 Å². The topological polar surface area (TPSA) is 66.1 Å². The predicted molar refractivity (Wildman–Crippen MR) is 57.1 cm³/mol. The minimum absolute atomic E-state index is 0.123. The van der Waals surface area contributed by atoms with Crippen LogP contribution >= 0.6 is 11.6 Å². The van der Waals surface area contributed by atoms with Crippen LogP contribution in [0.2, 0.25) is 0 Å². The molecule has 6 heteroatoms. The third-order valence-electron chi connectivity index (χ3n) is 1.77. The van der Waals surface area contributed by atoms with Crippen LogP contribution in [0.25, 0.3) is 0 Å². The van der Waals surface area contributed by atoms with Gasteiger partial charge >= 0.3 is 0 Å². The Morgan fingerprint density at radius 2 is 2.33 bits per heavy atom. The molecular formula is C9H12ClN3O2. The molecule has 0 saturated heterocycles. The summed E-state index contributed by atoms with van der Waals surface area (Å²) in [5.74, 6) is -0.265. The van der Waals surface area contributed by atoms with Gasteiger partial charge in [-0.1, -0.05) is 0 Å². The summed E-state index contributed by atoms with van der Waals surface area (Å²) in [6.45, 7) is 2.23. The van der Waals surface area contributed by atoms with Crippen molar-refractivity contribution >= 4 is 17.5 Å². The van der Waals surface area contributed by atoms with Crippen molar-refractivity contribution in [2.45, 2.75) is 12.3 Å². The van der Waals surface area contributed by atoms with Gasteiger partial charge in [-0.2, -0.15) is 5.10 Å². The highest BCUT2D eigenvalue weighted by atomic mass is 35.5. The maximum Gasteiger partial charge on any atom is 0.274 e. The minimum Gasteiger partial charge on any atom is -0.339 e. The third-order valence-corrected chi connectivity index (χ3v) is 1.91. The first-order valence-corrected chi connectivity index (χ1v) is 4.89. The van der Waals surface area contributed by atoms with E-state index in [0.29, 0.717) is 6.54 Å². The highest BCUT2D eigenvalue weighted by molar-refractivity contribution is 6.20. The van der Waals surface area contributed by atoms with Gasteiger partial charge in [-0.3, -0.25) is 9.59 Å². The van der Waals surface area contributed by atoms with Gasteiger partial charge in [-0.05, 0) is 13.0 Å². The molecule has 1 amide bonds. The van der Waals surface area contributed by atoms with Crippen molar-refractivity contribution in [3.8, 4) is 0 Å². The normalized spacial score (nSPS) is 12.2. The summed E-state index contributed by atoms with van der Waals surface area (Å²) in [6, 6.07) is 2.65. The van der Waals surface area contributed by atoms with Crippen LogP contribution in [0.3, 0.4) is 0 Å². The molecule has 1 unspecified atom stereocenters. The Morgan fingerprint density at radius 3 is 2.80 bits per heavy atom. The predicted octanol–water partition coefficient (Wildman–Crippen LogP) is 0.469. The van der Waals surface area contributed by atoms with Gasteiger partial charge in [-0.25, -0.2) is 5.10 Å². The number of rotatable bonds is 3. The van der Waals surface area contributed by atoms with Crippen molar-refractivity contribution in [3.05, 3.63) is 28.2 Å². The largest absolute Gasteiger partial charge is 0.339 e. The lowest BCUT2D eigenvalue weighted by Crippen LogP contribution is -2.32. The first-order chi connectivity index (χ1) is 7.00. The van der Waals surface area contributed by atoms with Crippen LogP contribution in [0.5, 0.6) is 0 Å². The van der Waals surface area contributed by atoms with E-state index in [-0.39, 0.29) is 22.5 Å². The number of nitrogens with zero attached hydrogens (tertiary/aromatic N) is 2. The molecule has 1 aromatic rings. The molecule has 0 saturated carbocycles. The summed E-state index contributed by atoms with van der Waals surface area (Å²) in [6.07, 6.45) is 0. The van der Waals surface area contributed by atoms with E-state index >= 15 is 0 Å². The number of nitrogens with one attached hydrogen (secondary N) is 1. The molecule has 0 aromatic carbocycles. The summed E-state index contributed by atoms with van der Waals surface area (Å²) in [5, 5.41) is 5.71. The lowest BCUT2D eigenvalue weighted by Gasteiger charge is -2.17. The van der Waals surface area contributed by atoms with Crippen LogP contribution in [0, 0.1) is 0 Å². The van der Waals surface area contributed by atoms with E-state index in [2.05, 4.69) is 10.2 Å². The van der Waals surface area contributed by atoms with Gasteiger partial charge in [0.05, 0.1) is 0 Å². The van der Waals surface area contributed by atoms with Crippen LogP contribution in [-0.4, -0.2) is 40.0 Å². The zero-order valence-corrected chi connectivity index (χ0v) is 9.28. The molecular weight excluding hydrogens is 218 g/mol. The molecule has 0 spiro atoms. The second-order valence-corrected chi connectivity index (χ2v) is 4.02. The molecule has 1 heterocycles. The average molecular weight is 230 g/mol. The van der Waals surface area contributed by atoms with E-state index < -0.39 is 0 Å². The Morgan fingerprint density at radius 1 is 1.67 bits per heavy atom. The van der Waals surface area contributed by atoms with Crippen LogP contribution in [0.15, 0.2) is 16.9 Å². The van der Waals surface area contributed by atoms with Gasteiger partial charge in [-0.15, -0.1) is 11.6 Å². The Hall–Kier alpha value is -1.36. The van der Waals surface area contributed by atoms with E-state index in [9.17, 15) is 9.59 Å². The molecule has 0 aliphatic rings. The monoisotopic (exact) mass is 229 g/mol. The van der Waals surface area contributed by atoms with Gasteiger partial charge in [0.1, 0.15) is 5.69 Å². The van der Waals surface area contributed by atoms with E-state index in [1.54, 1.807) is 14.0 Å². The van der Waals surface area contributed by atoms with Crippen LogP contribution in [0.4, 0.5) is 0 Å². The molecule has 0 bridgehead atoms. The molecule has 0 fully saturated rings. The van der Waals surface area contributed by atoms with Gasteiger partial charge in [0.2, 0.25) is 0 Å². The number of aromatic amines is 1. The fourth-order valence-corrected chi connectivity index (χ4v) is 1.33. The van der Waals surface area contributed by atoms with Gasteiger partial charge in [0.15, 0.2) is 0 Å². The summed E-state index contributed by atoms with van der Waals surface area (Å²) in [7, 11) is 1.63. The van der Waals surface area contributed by atoms with Gasteiger partial charge in [0.25, 0.3) is 11.5 Å². The Labute approximate surface area is 92.1 Å². The van der Waals surface area contributed by atoms with Crippen molar-refractivity contribution < 1.29 is 4.79 Å². The standard InChI is InChI=1S/C9H12ClN3O2/c1-6(10)5-13(2)9(15)7-3-4-8(14)12-11-7/h3-4,6H,5H2,1-2H3,(H,12,14). The highest BCUT2D eigenvalue weighted by Gasteiger charge is 2.14. The molecule has 0 aliphatic carbocycles. The molecule has 1 atom stereocenters. The van der Waals surface area contributed by atoms with Crippen molar-refractivity contribution in [2.24, 2.45) is 0 Å². The molecule has 1 N–H and O–H groups in total. The lowest BCUT2D eigenvalue weighted by atomic mass is 10.3. The number of H-pyrrole nitrogens is 1. The zero-order chi connectivity index (χ0) is 11.4. The summed E-state index contributed by atoms with van der Waals surface area (Å²) in [4.78, 5) is 23.9. The first kappa shape index (κ1) is 11.7. The van der Waals surface area contributed by atoms with Crippen molar-refractivity contribution in [2.75, 3.05) is 13.6 Å². The maximum atomic E-state index is 11.7. The number of hydrogen-bond acceptors (Lipinski definition) is 3. The first-order valence-electron chi connectivity index (χ1n) is 4.46. The average Bonchev–Trinajstić information content (AvgIpc) is 2.17. The summed E-state index contributed by atoms with van der Waals surface area (Å²) >= 11 is 5.76. The fraction of sp³-hybridized carbons (Fsp3) is 0.444.